The third-order valence-electron chi connectivity index (χ3n) is 2.99. The topological polar surface area (TPSA) is 130 Å². The van der Waals surface area contributed by atoms with Gasteiger partial charge in [-0.25, -0.2) is 22.5 Å². The SMILES string of the molecule is Cc1c(-c2ncco2)sc2c1S(=O)(=O)N(CC(=O)O)C(=O)N2. The molecule has 0 aliphatic carbocycles. The van der Waals surface area contributed by atoms with E-state index in [-0.39, 0.29) is 20.1 Å². The Bertz CT molecular complexity index is 868. The molecule has 2 amide bonds. The van der Waals surface area contributed by atoms with E-state index in [0.717, 1.165) is 11.3 Å². The molecule has 116 valence electrons. The molecule has 1 aliphatic rings. The first-order valence-corrected chi connectivity index (χ1v) is 8.17. The van der Waals surface area contributed by atoms with E-state index in [1.165, 1.54) is 12.5 Å². The highest BCUT2D eigenvalue weighted by Crippen LogP contribution is 2.44. The summed E-state index contributed by atoms with van der Waals surface area (Å²) in [6.45, 7) is 0.597. The minimum atomic E-state index is -4.25. The number of fused-ring (bicyclic) bond motifs is 1. The largest absolute Gasteiger partial charge is 0.480 e. The Kier molecular flexibility index (Phi) is 3.18. The molecule has 2 aromatic rings. The highest BCUT2D eigenvalue weighted by Gasteiger charge is 2.41. The van der Waals surface area contributed by atoms with Crippen molar-refractivity contribution in [1.82, 2.24) is 9.29 Å². The molecule has 0 radical (unpaired) electrons. The van der Waals surface area contributed by atoms with Gasteiger partial charge in [-0.2, -0.15) is 0 Å². The molecule has 2 aromatic heterocycles. The second-order valence-corrected chi connectivity index (χ2v) is 7.21. The first kappa shape index (κ1) is 14.5. The van der Waals surface area contributed by atoms with E-state index in [9.17, 15) is 18.0 Å². The number of nitrogens with one attached hydrogen (secondary N) is 1. The number of urea groups is 1. The number of hydrogen-bond acceptors (Lipinski definition) is 7. The van der Waals surface area contributed by atoms with Gasteiger partial charge in [0.05, 0.1) is 11.1 Å². The highest BCUT2D eigenvalue weighted by atomic mass is 32.2. The van der Waals surface area contributed by atoms with Crippen LogP contribution in [0.2, 0.25) is 0 Å². The lowest BCUT2D eigenvalue weighted by molar-refractivity contribution is -0.136. The predicted molar refractivity (Wildman–Crippen MR) is 75.1 cm³/mol. The molecule has 1 aliphatic heterocycles. The molecule has 0 spiro atoms. The number of thiophene rings is 1. The Morgan fingerprint density at radius 3 is 2.86 bits per heavy atom. The van der Waals surface area contributed by atoms with Crippen LogP contribution in [0.4, 0.5) is 9.80 Å². The summed E-state index contributed by atoms with van der Waals surface area (Å²) in [6.07, 6.45) is 2.76. The Morgan fingerprint density at radius 2 is 2.27 bits per heavy atom. The molecule has 0 aromatic carbocycles. The molecule has 0 unspecified atom stereocenters. The van der Waals surface area contributed by atoms with Gasteiger partial charge >= 0.3 is 12.0 Å². The highest BCUT2D eigenvalue weighted by molar-refractivity contribution is 7.90. The molecule has 3 heterocycles. The number of carboxylic acids is 1. The fourth-order valence-electron chi connectivity index (χ4n) is 2.09. The van der Waals surface area contributed by atoms with E-state index < -0.39 is 28.6 Å². The minimum absolute atomic E-state index is 0.123. The van der Waals surface area contributed by atoms with E-state index in [0.29, 0.717) is 10.4 Å². The molecule has 22 heavy (non-hydrogen) atoms. The van der Waals surface area contributed by atoms with Crippen molar-refractivity contribution in [2.75, 3.05) is 11.9 Å². The Morgan fingerprint density at radius 1 is 1.55 bits per heavy atom. The molecular formula is C11H9N3O6S2. The second-order valence-electron chi connectivity index (χ2n) is 4.39. The van der Waals surface area contributed by atoms with E-state index in [1.807, 2.05) is 0 Å². The number of anilines is 1. The third kappa shape index (κ3) is 2.05. The van der Waals surface area contributed by atoms with Gasteiger partial charge in [0.1, 0.15) is 22.7 Å². The van der Waals surface area contributed by atoms with Gasteiger partial charge in [0.2, 0.25) is 5.89 Å². The molecular weight excluding hydrogens is 334 g/mol. The van der Waals surface area contributed by atoms with Crippen molar-refractivity contribution in [3.05, 3.63) is 18.0 Å². The number of aliphatic carboxylic acids is 1. The van der Waals surface area contributed by atoms with Gasteiger partial charge in [-0.05, 0) is 12.5 Å². The average molecular weight is 343 g/mol. The summed E-state index contributed by atoms with van der Waals surface area (Å²) in [6, 6.07) is -1.00. The summed E-state index contributed by atoms with van der Waals surface area (Å²) in [4.78, 5) is 26.9. The summed E-state index contributed by atoms with van der Waals surface area (Å²) in [5, 5.41) is 11.3. The number of oxazole rings is 1. The van der Waals surface area contributed by atoms with E-state index in [1.54, 1.807) is 6.92 Å². The zero-order valence-electron chi connectivity index (χ0n) is 11.1. The average Bonchev–Trinajstić information content (AvgIpc) is 3.02. The fraction of sp³-hybridized carbons (Fsp3) is 0.182. The zero-order valence-corrected chi connectivity index (χ0v) is 12.7. The van der Waals surface area contributed by atoms with Crippen LogP contribution in [0.5, 0.6) is 0 Å². The van der Waals surface area contributed by atoms with Crippen LogP contribution in [0.1, 0.15) is 5.56 Å². The number of nitrogens with zero attached hydrogens (tertiary/aromatic N) is 2. The number of rotatable bonds is 3. The second kappa shape index (κ2) is 4.81. The molecule has 0 bridgehead atoms. The van der Waals surface area contributed by atoms with Crippen molar-refractivity contribution in [2.24, 2.45) is 0 Å². The van der Waals surface area contributed by atoms with Gasteiger partial charge in [-0.1, -0.05) is 0 Å². The van der Waals surface area contributed by atoms with Crippen LogP contribution in [0.3, 0.4) is 0 Å². The zero-order chi connectivity index (χ0) is 16.1. The van der Waals surface area contributed by atoms with Crippen molar-refractivity contribution >= 4 is 38.4 Å². The van der Waals surface area contributed by atoms with Crippen LogP contribution in [0.25, 0.3) is 10.8 Å². The normalized spacial score (nSPS) is 16.2. The van der Waals surface area contributed by atoms with Crippen molar-refractivity contribution in [2.45, 2.75) is 11.8 Å². The van der Waals surface area contributed by atoms with E-state index >= 15 is 0 Å². The van der Waals surface area contributed by atoms with Crippen LogP contribution in [-0.2, 0) is 14.8 Å². The van der Waals surface area contributed by atoms with Crippen molar-refractivity contribution < 1.29 is 27.5 Å². The summed E-state index contributed by atoms with van der Waals surface area (Å²) in [5.41, 5.74) is 0.345. The molecule has 9 nitrogen and oxygen atoms in total. The van der Waals surface area contributed by atoms with Crippen molar-refractivity contribution in [3.8, 4) is 10.8 Å². The van der Waals surface area contributed by atoms with Crippen LogP contribution >= 0.6 is 11.3 Å². The summed E-state index contributed by atoms with van der Waals surface area (Å²) in [7, 11) is -4.25. The third-order valence-corrected chi connectivity index (χ3v) is 6.22. The maximum Gasteiger partial charge on any atom is 0.336 e. The van der Waals surface area contributed by atoms with E-state index in [2.05, 4.69) is 10.3 Å². The molecule has 3 rings (SSSR count). The number of carbonyl (C=O) groups excluding carboxylic acids is 1. The molecule has 0 saturated carbocycles. The summed E-state index contributed by atoms with van der Waals surface area (Å²) >= 11 is 1.01. The van der Waals surface area contributed by atoms with Crippen LogP contribution in [0.15, 0.2) is 21.8 Å². The van der Waals surface area contributed by atoms with Crippen molar-refractivity contribution in [3.63, 3.8) is 0 Å². The minimum Gasteiger partial charge on any atom is -0.480 e. The molecule has 2 N–H and O–H groups in total. The monoisotopic (exact) mass is 343 g/mol. The smallest absolute Gasteiger partial charge is 0.336 e. The number of sulfonamides is 1. The molecule has 0 atom stereocenters. The maximum atomic E-state index is 12.5. The number of aromatic nitrogens is 1. The summed E-state index contributed by atoms with van der Waals surface area (Å²) < 4.78 is 30.5. The van der Waals surface area contributed by atoms with Crippen molar-refractivity contribution in [1.29, 1.82) is 0 Å². The molecule has 0 saturated heterocycles. The maximum absolute atomic E-state index is 12.5. The number of amides is 2. The van der Waals surface area contributed by atoms with Gasteiger partial charge in [-0.15, -0.1) is 11.3 Å². The Hall–Kier alpha value is -2.40. The number of carboxylic acid groups (broad SMARTS) is 1. The van der Waals surface area contributed by atoms with Gasteiger partial charge in [0.15, 0.2) is 0 Å². The lowest BCUT2D eigenvalue weighted by atomic mass is 10.3. The number of carbonyl (C=O) groups is 2. The van der Waals surface area contributed by atoms with Gasteiger partial charge in [0, 0.05) is 0 Å². The fourth-order valence-corrected chi connectivity index (χ4v) is 5.17. The lowest BCUT2D eigenvalue weighted by Gasteiger charge is -2.25. The number of hydrogen-bond donors (Lipinski definition) is 2. The quantitative estimate of drug-likeness (QED) is 0.859. The first-order chi connectivity index (χ1) is 10.3. The standard InChI is InChI=1S/C11H9N3O6S2/c1-5-7(9-12-2-3-20-9)21-10-8(5)22(18,19)14(4-6(15)16)11(17)13-10/h2-3H,4H2,1H3,(H,13,17)(H,15,16). The predicted octanol–water partition coefficient (Wildman–Crippen LogP) is 1.33. The first-order valence-electron chi connectivity index (χ1n) is 5.91. The molecule has 0 fully saturated rings. The van der Waals surface area contributed by atoms with Crippen LogP contribution in [-0.4, -0.2) is 41.4 Å². The summed E-state index contributed by atoms with van der Waals surface area (Å²) in [5.74, 6) is -1.20. The van der Waals surface area contributed by atoms with E-state index in [4.69, 9.17) is 9.52 Å². The van der Waals surface area contributed by atoms with Gasteiger partial charge < -0.3 is 9.52 Å². The Balaban J connectivity index is 2.18. The van der Waals surface area contributed by atoms with Crippen LogP contribution < -0.4 is 5.32 Å². The Labute approximate surface area is 128 Å². The molecule has 11 heteroatoms. The van der Waals surface area contributed by atoms with Gasteiger partial charge in [0.25, 0.3) is 10.0 Å². The lowest BCUT2D eigenvalue weighted by Crippen LogP contribution is -2.46. The van der Waals surface area contributed by atoms with Gasteiger partial charge in [-0.3, -0.25) is 10.1 Å². The van der Waals surface area contributed by atoms with Crippen LogP contribution in [0, 0.1) is 6.92 Å².